The van der Waals surface area contributed by atoms with Crippen molar-refractivity contribution in [2.45, 2.75) is 0 Å². The molecular weight excluding hydrogens is 139 g/mol. The molecule has 0 bridgehead atoms. The zero-order chi connectivity index (χ0) is 5.86. The minimum absolute atomic E-state index is 0. The van der Waals surface area contributed by atoms with E-state index in [2.05, 4.69) is 5.73 Å². The van der Waals surface area contributed by atoms with Crippen LogP contribution in [0.3, 0.4) is 0 Å². The molecule has 3 amide bonds. The van der Waals surface area contributed by atoms with Crippen molar-refractivity contribution in [3.8, 4) is 0 Å². The number of amides is 3. The van der Waals surface area contributed by atoms with E-state index in [1.165, 1.54) is 5.32 Å². The zero-order valence-corrected chi connectivity index (χ0v) is 7.46. The molecular formula is C2H5KN2O3. The Balaban J connectivity index is -0.000000180. The molecule has 0 radical (unpaired) electrons. The molecule has 0 saturated carbocycles. The van der Waals surface area contributed by atoms with Crippen LogP contribution in [0.5, 0.6) is 0 Å². The number of rotatable bonds is 0. The van der Waals surface area contributed by atoms with Gasteiger partial charge in [-0.25, -0.2) is 14.9 Å². The summed E-state index contributed by atoms with van der Waals surface area (Å²) >= 11 is 0. The average Bonchev–Trinajstić information content (AvgIpc) is 1.27. The standard InChI is InChI=1S/C2H4N2O3.K.H/c3-1(5)4-2(6)7;;/h(H,6,7)(H3,3,4,5);;/q;+1;-1. The second-order valence-corrected chi connectivity index (χ2v) is 0.794. The predicted molar refractivity (Wildman–Crippen MR) is 21.9 cm³/mol. The molecule has 0 fully saturated rings. The molecule has 6 heteroatoms. The first kappa shape index (κ1) is 11.2. The number of primary amides is 1. The summed E-state index contributed by atoms with van der Waals surface area (Å²) in [7, 11) is 0. The van der Waals surface area contributed by atoms with E-state index >= 15 is 0 Å². The van der Waals surface area contributed by atoms with Gasteiger partial charge in [0.2, 0.25) is 0 Å². The van der Waals surface area contributed by atoms with Gasteiger partial charge < -0.3 is 12.3 Å². The van der Waals surface area contributed by atoms with Crippen molar-refractivity contribution < 1.29 is 67.5 Å². The van der Waals surface area contributed by atoms with Crippen molar-refractivity contribution >= 4 is 12.1 Å². The van der Waals surface area contributed by atoms with E-state index in [1.807, 2.05) is 0 Å². The van der Waals surface area contributed by atoms with Crippen molar-refractivity contribution in [2.75, 3.05) is 0 Å². The normalized spacial score (nSPS) is 6.50. The van der Waals surface area contributed by atoms with Crippen LogP contribution in [-0.4, -0.2) is 17.2 Å². The Kier molecular flexibility index (Phi) is 7.72. The Morgan fingerprint density at radius 2 is 2.00 bits per heavy atom. The fourth-order valence-electron chi connectivity index (χ4n) is 0.105. The Hall–Kier alpha value is 0.376. The molecule has 0 heterocycles. The number of nitrogens with one attached hydrogen (secondary N) is 1. The summed E-state index contributed by atoms with van der Waals surface area (Å²) in [5, 5.41) is 9.03. The van der Waals surface area contributed by atoms with Crippen LogP contribution in [0.4, 0.5) is 9.59 Å². The van der Waals surface area contributed by atoms with Crippen molar-refractivity contribution in [1.82, 2.24) is 5.32 Å². The first-order valence-electron chi connectivity index (χ1n) is 1.42. The Morgan fingerprint density at radius 3 is 2.00 bits per heavy atom. The van der Waals surface area contributed by atoms with Gasteiger partial charge in [0.15, 0.2) is 0 Å². The molecule has 5 nitrogen and oxygen atoms in total. The maximum Gasteiger partial charge on any atom is 1.00 e. The number of hydrogen-bond donors (Lipinski definition) is 3. The number of carbonyl (C=O) groups is 2. The van der Waals surface area contributed by atoms with E-state index in [0.717, 1.165) is 0 Å². The molecule has 0 aliphatic carbocycles. The number of imide groups is 1. The van der Waals surface area contributed by atoms with Gasteiger partial charge in [-0.05, 0) is 0 Å². The maximum absolute atomic E-state index is 9.54. The van der Waals surface area contributed by atoms with Gasteiger partial charge in [-0.3, -0.25) is 0 Å². The molecule has 0 saturated heterocycles. The summed E-state index contributed by atoms with van der Waals surface area (Å²) in [6.45, 7) is 0. The van der Waals surface area contributed by atoms with Crippen LogP contribution in [0, 0.1) is 0 Å². The van der Waals surface area contributed by atoms with E-state index < -0.39 is 12.1 Å². The van der Waals surface area contributed by atoms with Gasteiger partial charge in [0.1, 0.15) is 0 Å². The van der Waals surface area contributed by atoms with Crippen LogP contribution in [-0.2, 0) is 0 Å². The first-order valence-corrected chi connectivity index (χ1v) is 1.42. The van der Waals surface area contributed by atoms with Crippen LogP contribution < -0.4 is 62.4 Å². The molecule has 0 atom stereocenters. The third-order valence-electron chi connectivity index (χ3n) is 0.230. The quantitative estimate of drug-likeness (QED) is 0.307. The van der Waals surface area contributed by atoms with Crippen molar-refractivity contribution in [1.29, 1.82) is 0 Å². The second kappa shape index (κ2) is 5.51. The number of nitrogens with two attached hydrogens (primary N) is 1. The SMILES string of the molecule is NC(=O)NC(=O)O.[H-].[K+]. The largest absolute Gasteiger partial charge is 1.00 e. The van der Waals surface area contributed by atoms with Crippen LogP contribution >= 0.6 is 0 Å². The molecule has 4 N–H and O–H groups in total. The van der Waals surface area contributed by atoms with Crippen molar-refractivity contribution in [2.24, 2.45) is 5.73 Å². The summed E-state index contributed by atoms with van der Waals surface area (Å²) < 4.78 is 0. The van der Waals surface area contributed by atoms with E-state index in [4.69, 9.17) is 5.11 Å². The smallest absolute Gasteiger partial charge is 1.00 e. The third kappa shape index (κ3) is 9.62. The minimum Gasteiger partial charge on any atom is -1.00 e. The van der Waals surface area contributed by atoms with Crippen LogP contribution in [0.1, 0.15) is 1.43 Å². The average molecular weight is 144 g/mol. The van der Waals surface area contributed by atoms with Gasteiger partial charge in [0.25, 0.3) is 0 Å². The second-order valence-electron chi connectivity index (χ2n) is 0.794. The zero-order valence-electron chi connectivity index (χ0n) is 5.34. The monoisotopic (exact) mass is 144 g/mol. The molecule has 0 aliphatic rings. The Labute approximate surface area is 89.5 Å². The molecule has 0 unspecified atom stereocenters. The predicted octanol–water partition coefficient (Wildman–Crippen LogP) is -3.55. The Morgan fingerprint density at radius 1 is 1.62 bits per heavy atom. The number of carbonyl (C=O) groups excluding carboxylic acids is 1. The van der Waals surface area contributed by atoms with E-state index in [1.54, 1.807) is 0 Å². The summed E-state index contributed by atoms with van der Waals surface area (Å²) in [5.74, 6) is 0. The molecule has 0 aromatic heterocycles. The fourth-order valence-corrected chi connectivity index (χ4v) is 0.105. The van der Waals surface area contributed by atoms with E-state index in [0.29, 0.717) is 0 Å². The summed E-state index contributed by atoms with van der Waals surface area (Å²) in [6.07, 6.45) is -1.44. The summed E-state index contributed by atoms with van der Waals surface area (Å²) in [4.78, 5) is 18.9. The minimum atomic E-state index is -1.44. The van der Waals surface area contributed by atoms with Gasteiger partial charge in [0, 0.05) is 0 Å². The van der Waals surface area contributed by atoms with Crippen molar-refractivity contribution in [3.05, 3.63) is 0 Å². The topological polar surface area (TPSA) is 92.4 Å². The molecule has 42 valence electrons. The number of carboxylic acid groups (broad SMARTS) is 1. The fraction of sp³-hybridized carbons (Fsp3) is 0. The Bertz CT molecular complexity index is 96.0. The van der Waals surface area contributed by atoms with Crippen LogP contribution in [0.15, 0.2) is 0 Å². The summed E-state index contributed by atoms with van der Waals surface area (Å²) in [5.41, 5.74) is 4.36. The third-order valence-corrected chi connectivity index (χ3v) is 0.230. The maximum atomic E-state index is 9.54. The van der Waals surface area contributed by atoms with Crippen molar-refractivity contribution in [3.63, 3.8) is 0 Å². The molecule has 0 aliphatic heterocycles. The van der Waals surface area contributed by atoms with Gasteiger partial charge >= 0.3 is 63.5 Å². The number of urea groups is 1. The van der Waals surface area contributed by atoms with Crippen LogP contribution in [0.25, 0.3) is 0 Å². The van der Waals surface area contributed by atoms with Gasteiger partial charge in [-0.2, -0.15) is 0 Å². The number of hydrogen-bond acceptors (Lipinski definition) is 2. The van der Waals surface area contributed by atoms with Gasteiger partial charge in [0.05, 0.1) is 0 Å². The van der Waals surface area contributed by atoms with E-state index in [-0.39, 0.29) is 52.8 Å². The molecule has 0 spiro atoms. The molecule has 0 aromatic rings. The molecule has 8 heavy (non-hydrogen) atoms. The van der Waals surface area contributed by atoms with Crippen LogP contribution in [0.2, 0.25) is 0 Å². The molecule has 0 rings (SSSR count). The van der Waals surface area contributed by atoms with Gasteiger partial charge in [-0.15, -0.1) is 0 Å². The summed E-state index contributed by atoms with van der Waals surface area (Å²) in [6, 6.07) is -1.06. The first-order chi connectivity index (χ1) is 3.13. The van der Waals surface area contributed by atoms with Gasteiger partial charge in [-0.1, -0.05) is 0 Å². The van der Waals surface area contributed by atoms with E-state index in [9.17, 15) is 9.59 Å². The molecule has 0 aromatic carbocycles.